The standard InChI is InChI=1S/C10H12S.C2H6/c1-4-6-10-9(5-2)8(3)7-11-10;1-2/h4-7H,1H2,2-3H3;1-2H3/b9-5-,10-6+;. The van der Waals surface area contributed by atoms with E-state index in [-0.39, 0.29) is 0 Å². The largest absolute Gasteiger partial charge is 0.144 e. The third kappa shape index (κ3) is 3.19. The van der Waals surface area contributed by atoms with Crippen molar-refractivity contribution in [2.24, 2.45) is 0 Å². The molecule has 0 atom stereocenters. The average Bonchev–Trinajstić information content (AvgIpc) is 2.51. The zero-order chi connectivity index (χ0) is 10.3. The summed E-state index contributed by atoms with van der Waals surface area (Å²) in [7, 11) is 0. The summed E-state index contributed by atoms with van der Waals surface area (Å²) in [5.41, 5.74) is 1.35. The Morgan fingerprint density at radius 1 is 1.38 bits per heavy atom. The molecule has 0 aliphatic carbocycles. The molecular formula is C12H18S. The van der Waals surface area contributed by atoms with Gasteiger partial charge in [-0.05, 0) is 36.1 Å². The molecule has 0 radical (unpaired) electrons. The Morgan fingerprint density at radius 2 is 2.00 bits per heavy atom. The Balaban J connectivity index is 0.000000671. The van der Waals surface area contributed by atoms with E-state index in [9.17, 15) is 0 Å². The fourth-order valence-electron chi connectivity index (χ4n) is 1.08. The molecule has 0 saturated heterocycles. The van der Waals surface area contributed by atoms with E-state index in [1.165, 1.54) is 15.3 Å². The lowest BCUT2D eigenvalue weighted by Gasteiger charge is -1.79. The van der Waals surface area contributed by atoms with Crippen molar-refractivity contribution in [3.63, 3.8) is 0 Å². The molecule has 0 fully saturated rings. The number of allylic oxidation sites excluding steroid dienone is 1. The van der Waals surface area contributed by atoms with Crippen molar-refractivity contribution in [1.82, 2.24) is 0 Å². The van der Waals surface area contributed by atoms with Crippen molar-refractivity contribution < 1.29 is 0 Å². The van der Waals surface area contributed by atoms with Crippen LogP contribution in [0, 0.1) is 6.92 Å². The van der Waals surface area contributed by atoms with Crippen molar-refractivity contribution in [3.8, 4) is 0 Å². The predicted octanol–water partition coefficient (Wildman–Crippen LogP) is 2.85. The van der Waals surface area contributed by atoms with Crippen LogP contribution in [0.25, 0.3) is 12.2 Å². The summed E-state index contributed by atoms with van der Waals surface area (Å²) in [5, 5.41) is 3.51. The van der Waals surface area contributed by atoms with E-state index in [1.54, 1.807) is 11.3 Å². The van der Waals surface area contributed by atoms with Gasteiger partial charge in [0.1, 0.15) is 0 Å². The second-order valence-electron chi connectivity index (χ2n) is 2.39. The van der Waals surface area contributed by atoms with Gasteiger partial charge >= 0.3 is 0 Å². The second kappa shape index (κ2) is 6.67. The summed E-state index contributed by atoms with van der Waals surface area (Å²) in [6, 6.07) is 0. The number of rotatable bonds is 1. The summed E-state index contributed by atoms with van der Waals surface area (Å²) in [5.74, 6) is 0. The van der Waals surface area contributed by atoms with E-state index >= 15 is 0 Å². The maximum Gasteiger partial charge on any atom is 0.0341 e. The highest BCUT2D eigenvalue weighted by molar-refractivity contribution is 7.07. The van der Waals surface area contributed by atoms with Crippen LogP contribution in [-0.2, 0) is 0 Å². The monoisotopic (exact) mass is 194 g/mol. The third-order valence-electron chi connectivity index (χ3n) is 1.61. The summed E-state index contributed by atoms with van der Waals surface area (Å²) < 4.78 is 1.31. The van der Waals surface area contributed by atoms with Gasteiger partial charge in [0.15, 0.2) is 0 Å². The van der Waals surface area contributed by atoms with E-state index in [0.29, 0.717) is 0 Å². The summed E-state index contributed by atoms with van der Waals surface area (Å²) >= 11 is 1.77. The molecule has 0 amide bonds. The molecule has 1 heterocycles. The highest BCUT2D eigenvalue weighted by Gasteiger charge is 1.89. The van der Waals surface area contributed by atoms with Crippen LogP contribution in [0.5, 0.6) is 0 Å². The van der Waals surface area contributed by atoms with E-state index in [4.69, 9.17) is 0 Å². The highest BCUT2D eigenvalue weighted by Crippen LogP contribution is 1.90. The normalized spacial score (nSPS) is 12.3. The minimum atomic E-state index is 1.31. The molecule has 0 bridgehead atoms. The Kier molecular flexibility index (Phi) is 6.25. The molecule has 13 heavy (non-hydrogen) atoms. The van der Waals surface area contributed by atoms with Crippen LogP contribution in [-0.4, -0.2) is 0 Å². The van der Waals surface area contributed by atoms with Crippen LogP contribution >= 0.6 is 11.3 Å². The summed E-state index contributed by atoms with van der Waals surface area (Å²) in [4.78, 5) is 0. The van der Waals surface area contributed by atoms with Crippen LogP contribution < -0.4 is 9.75 Å². The quantitative estimate of drug-likeness (QED) is 0.645. The minimum Gasteiger partial charge on any atom is -0.144 e. The first-order valence-corrected chi connectivity index (χ1v) is 5.50. The third-order valence-corrected chi connectivity index (χ3v) is 2.69. The first-order valence-electron chi connectivity index (χ1n) is 4.62. The summed E-state index contributed by atoms with van der Waals surface area (Å²) in [6.07, 6.45) is 6.02. The SMILES string of the molecule is C=C/C=c1/scc(C)/c1=C/C.CC. The number of aryl methyl sites for hydroxylation is 1. The van der Waals surface area contributed by atoms with E-state index < -0.39 is 0 Å². The summed E-state index contributed by atoms with van der Waals surface area (Å²) in [6.45, 7) is 11.9. The maximum atomic E-state index is 3.68. The molecule has 0 spiro atoms. The topological polar surface area (TPSA) is 0 Å². The highest BCUT2D eigenvalue weighted by atomic mass is 32.1. The first kappa shape index (κ1) is 12.2. The molecule has 0 aliphatic heterocycles. The zero-order valence-corrected chi connectivity index (χ0v) is 9.74. The second-order valence-corrected chi connectivity index (χ2v) is 3.30. The van der Waals surface area contributed by atoms with E-state index in [1.807, 2.05) is 26.0 Å². The molecule has 1 aromatic rings. The van der Waals surface area contributed by atoms with Crippen molar-refractivity contribution in [2.75, 3.05) is 0 Å². The van der Waals surface area contributed by atoms with Crippen molar-refractivity contribution in [1.29, 1.82) is 0 Å². The van der Waals surface area contributed by atoms with Crippen LogP contribution in [0.1, 0.15) is 26.3 Å². The molecule has 1 aromatic heterocycles. The van der Waals surface area contributed by atoms with Crippen LogP contribution in [0.3, 0.4) is 0 Å². The number of hydrogen-bond donors (Lipinski definition) is 0. The fraction of sp³-hybridized carbons (Fsp3) is 0.333. The van der Waals surface area contributed by atoms with E-state index in [0.717, 1.165) is 0 Å². The Morgan fingerprint density at radius 3 is 2.46 bits per heavy atom. The van der Waals surface area contributed by atoms with E-state index in [2.05, 4.69) is 31.9 Å². The molecule has 0 nitrogen and oxygen atoms in total. The van der Waals surface area contributed by atoms with Gasteiger partial charge in [-0.1, -0.05) is 32.6 Å². The molecule has 1 rings (SSSR count). The van der Waals surface area contributed by atoms with Gasteiger partial charge in [-0.25, -0.2) is 0 Å². The van der Waals surface area contributed by atoms with Gasteiger partial charge in [-0.3, -0.25) is 0 Å². The van der Waals surface area contributed by atoms with Crippen LogP contribution in [0.15, 0.2) is 18.0 Å². The molecular weight excluding hydrogens is 176 g/mol. The zero-order valence-electron chi connectivity index (χ0n) is 8.92. The van der Waals surface area contributed by atoms with Gasteiger partial charge < -0.3 is 0 Å². The average molecular weight is 194 g/mol. The van der Waals surface area contributed by atoms with Crippen molar-refractivity contribution in [3.05, 3.63) is 33.3 Å². The molecule has 0 aliphatic rings. The molecule has 1 heteroatoms. The lowest BCUT2D eigenvalue weighted by molar-refractivity contribution is 1.46. The predicted molar refractivity (Wildman–Crippen MR) is 64.5 cm³/mol. The van der Waals surface area contributed by atoms with Crippen molar-refractivity contribution in [2.45, 2.75) is 27.7 Å². The minimum absolute atomic E-state index is 1.31. The van der Waals surface area contributed by atoms with Gasteiger partial charge in [0.2, 0.25) is 0 Å². The number of hydrogen-bond acceptors (Lipinski definition) is 1. The van der Waals surface area contributed by atoms with Crippen LogP contribution in [0.4, 0.5) is 0 Å². The molecule has 0 saturated carbocycles. The van der Waals surface area contributed by atoms with Gasteiger partial charge in [-0.15, -0.1) is 11.3 Å². The van der Waals surface area contributed by atoms with Gasteiger partial charge in [0.05, 0.1) is 0 Å². The Hall–Kier alpha value is -0.820. The Bertz CT molecular complexity index is 355. The first-order chi connectivity index (χ1) is 6.29. The lowest BCUT2D eigenvalue weighted by atomic mass is 10.3. The smallest absolute Gasteiger partial charge is 0.0341 e. The molecule has 0 N–H and O–H groups in total. The molecule has 0 aromatic carbocycles. The number of thiophene rings is 1. The lowest BCUT2D eigenvalue weighted by Crippen LogP contribution is -2.19. The Labute approximate surface area is 84.9 Å². The van der Waals surface area contributed by atoms with Crippen molar-refractivity contribution >= 4 is 23.5 Å². The van der Waals surface area contributed by atoms with Gasteiger partial charge in [0, 0.05) is 4.53 Å². The molecule has 0 unspecified atom stereocenters. The van der Waals surface area contributed by atoms with Gasteiger partial charge in [-0.2, -0.15) is 0 Å². The van der Waals surface area contributed by atoms with Gasteiger partial charge in [0.25, 0.3) is 0 Å². The van der Waals surface area contributed by atoms with Crippen LogP contribution in [0.2, 0.25) is 0 Å². The fourth-order valence-corrected chi connectivity index (χ4v) is 2.09. The maximum absolute atomic E-state index is 3.68. The molecule has 72 valence electrons.